The van der Waals surface area contributed by atoms with Gasteiger partial charge in [0.2, 0.25) is 5.91 Å². The van der Waals surface area contributed by atoms with Crippen LogP contribution in [0.25, 0.3) is 0 Å². The average Bonchev–Trinajstić information content (AvgIpc) is 2.81. The minimum atomic E-state index is -0.510. The molecule has 2 heterocycles. The lowest BCUT2D eigenvalue weighted by Gasteiger charge is -2.39. The van der Waals surface area contributed by atoms with Crippen LogP contribution >= 0.6 is 0 Å². The molecule has 5 heteroatoms. The van der Waals surface area contributed by atoms with Crippen molar-refractivity contribution >= 4 is 11.8 Å². The first kappa shape index (κ1) is 14.1. The van der Waals surface area contributed by atoms with Gasteiger partial charge in [0.15, 0.2) is 0 Å². The number of carbonyl (C=O) groups is 2. The van der Waals surface area contributed by atoms with E-state index in [0.29, 0.717) is 19.5 Å². The largest absolute Gasteiger partial charge is 0.354 e. The molecule has 2 amide bonds. The summed E-state index contributed by atoms with van der Waals surface area (Å²) >= 11 is 0. The molecule has 0 unspecified atom stereocenters. The maximum atomic E-state index is 12.4. The second-order valence-corrected chi connectivity index (χ2v) is 6.29. The van der Waals surface area contributed by atoms with E-state index in [2.05, 4.69) is 16.0 Å². The summed E-state index contributed by atoms with van der Waals surface area (Å²) < 4.78 is 0. The Bertz CT molecular complexity index is 585. The summed E-state index contributed by atoms with van der Waals surface area (Å²) in [4.78, 5) is 24.8. The highest BCUT2D eigenvalue weighted by Crippen LogP contribution is 2.32. The number of fused-ring (bicyclic) bond motifs is 1. The summed E-state index contributed by atoms with van der Waals surface area (Å²) in [6, 6.07) is 7.72. The van der Waals surface area contributed by atoms with E-state index < -0.39 is 5.54 Å². The first-order valence-corrected chi connectivity index (χ1v) is 7.43. The molecule has 112 valence electrons. The second kappa shape index (κ2) is 5.15. The van der Waals surface area contributed by atoms with Gasteiger partial charge in [-0.05, 0) is 31.9 Å². The van der Waals surface area contributed by atoms with Crippen LogP contribution < -0.4 is 16.0 Å². The summed E-state index contributed by atoms with van der Waals surface area (Å²) in [5, 5.41) is 9.32. The van der Waals surface area contributed by atoms with Crippen molar-refractivity contribution in [2.24, 2.45) is 5.92 Å². The molecule has 21 heavy (non-hydrogen) atoms. The van der Waals surface area contributed by atoms with E-state index in [1.807, 2.05) is 38.1 Å². The maximum Gasteiger partial charge on any atom is 0.252 e. The molecule has 2 aliphatic heterocycles. The highest BCUT2D eigenvalue weighted by Gasteiger charge is 2.50. The molecular formula is C16H21N3O2. The van der Waals surface area contributed by atoms with Crippen LogP contribution in [0.4, 0.5) is 0 Å². The van der Waals surface area contributed by atoms with E-state index >= 15 is 0 Å². The molecule has 1 aromatic rings. The first-order chi connectivity index (χ1) is 10.0. The van der Waals surface area contributed by atoms with Gasteiger partial charge in [-0.25, -0.2) is 0 Å². The van der Waals surface area contributed by atoms with Crippen LogP contribution in [0.5, 0.6) is 0 Å². The Labute approximate surface area is 124 Å². The number of nitrogens with one attached hydrogen (secondary N) is 3. The Morgan fingerprint density at radius 2 is 2.14 bits per heavy atom. The molecule has 1 fully saturated rings. The average molecular weight is 287 g/mol. The minimum Gasteiger partial charge on any atom is -0.354 e. The molecule has 0 bridgehead atoms. The van der Waals surface area contributed by atoms with Crippen molar-refractivity contribution in [2.75, 3.05) is 13.1 Å². The van der Waals surface area contributed by atoms with Gasteiger partial charge in [-0.2, -0.15) is 0 Å². The zero-order valence-corrected chi connectivity index (χ0v) is 12.4. The molecule has 0 aromatic heterocycles. The highest BCUT2D eigenvalue weighted by atomic mass is 16.2. The second-order valence-electron chi connectivity index (χ2n) is 6.29. The van der Waals surface area contributed by atoms with E-state index in [9.17, 15) is 9.59 Å². The number of benzene rings is 1. The molecule has 1 aromatic carbocycles. The summed E-state index contributed by atoms with van der Waals surface area (Å²) in [6.45, 7) is 5.12. The van der Waals surface area contributed by atoms with E-state index in [1.165, 1.54) is 0 Å². The minimum absolute atomic E-state index is 0.00896. The predicted molar refractivity (Wildman–Crippen MR) is 80.0 cm³/mol. The Morgan fingerprint density at radius 1 is 1.38 bits per heavy atom. The monoisotopic (exact) mass is 287 g/mol. The SMILES string of the molecule is CC(C)NC(=O)[C@H]1CNC[C@]12Cc1ccccc1C(=O)N2. The standard InChI is InChI=1S/C16H21N3O2/c1-10(2)18-15(21)13-8-17-9-16(13)7-11-5-3-4-6-12(11)14(20)19-16/h3-6,10,13,17H,7-9H2,1-2H3,(H,18,21)(H,19,20)/t13-,16-/m1/s1. The molecule has 0 saturated carbocycles. The number of hydrogen-bond donors (Lipinski definition) is 3. The lowest BCUT2D eigenvalue weighted by molar-refractivity contribution is -0.126. The van der Waals surface area contributed by atoms with Crippen molar-refractivity contribution in [1.29, 1.82) is 0 Å². The Balaban J connectivity index is 1.91. The van der Waals surface area contributed by atoms with Crippen molar-refractivity contribution in [2.45, 2.75) is 31.8 Å². The molecule has 0 aliphatic carbocycles. The molecule has 3 N–H and O–H groups in total. The van der Waals surface area contributed by atoms with Gasteiger partial charge in [-0.3, -0.25) is 9.59 Å². The Hall–Kier alpha value is -1.88. The Morgan fingerprint density at radius 3 is 2.90 bits per heavy atom. The van der Waals surface area contributed by atoms with Crippen molar-refractivity contribution in [3.05, 3.63) is 35.4 Å². The molecule has 0 radical (unpaired) electrons. The van der Waals surface area contributed by atoms with Gasteiger partial charge in [-0.15, -0.1) is 0 Å². The van der Waals surface area contributed by atoms with Crippen molar-refractivity contribution < 1.29 is 9.59 Å². The third kappa shape index (κ3) is 2.42. The number of amides is 2. The molecule has 2 aliphatic rings. The Kier molecular flexibility index (Phi) is 3.45. The normalized spacial score (nSPS) is 27.6. The van der Waals surface area contributed by atoms with E-state index in [4.69, 9.17) is 0 Å². The summed E-state index contributed by atoms with van der Waals surface area (Å²) in [6.07, 6.45) is 0.693. The molecular weight excluding hydrogens is 266 g/mol. The number of hydrogen-bond acceptors (Lipinski definition) is 3. The fourth-order valence-corrected chi connectivity index (χ4v) is 3.38. The molecule has 5 nitrogen and oxygen atoms in total. The van der Waals surface area contributed by atoms with Gasteiger partial charge in [0.05, 0.1) is 11.5 Å². The molecule has 3 rings (SSSR count). The van der Waals surface area contributed by atoms with Gasteiger partial charge < -0.3 is 16.0 Å². The van der Waals surface area contributed by atoms with Crippen LogP contribution in [0, 0.1) is 5.92 Å². The number of carbonyl (C=O) groups excluding carboxylic acids is 2. The van der Waals surface area contributed by atoms with Crippen LogP contribution in [-0.2, 0) is 11.2 Å². The molecule has 1 spiro atoms. The van der Waals surface area contributed by atoms with Crippen LogP contribution in [0.15, 0.2) is 24.3 Å². The zero-order chi connectivity index (χ0) is 15.0. The summed E-state index contributed by atoms with van der Waals surface area (Å²) in [7, 11) is 0. The van der Waals surface area contributed by atoms with Crippen molar-refractivity contribution in [3.63, 3.8) is 0 Å². The summed E-state index contributed by atoms with van der Waals surface area (Å²) in [5.74, 6) is -0.310. The van der Waals surface area contributed by atoms with Crippen molar-refractivity contribution in [3.8, 4) is 0 Å². The lowest BCUT2D eigenvalue weighted by Crippen LogP contribution is -2.62. The van der Waals surface area contributed by atoms with E-state index in [-0.39, 0.29) is 23.8 Å². The predicted octanol–water partition coefficient (Wildman–Crippen LogP) is 0.455. The van der Waals surface area contributed by atoms with Crippen LogP contribution in [-0.4, -0.2) is 36.5 Å². The van der Waals surface area contributed by atoms with Gasteiger partial charge in [-0.1, -0.05) is 18.2 Å². The van der Waals surface area contributed by atoms with Gasteiger partial charge in [0, 0.05) is 24.7 Å². The highest BCUT2D eigenvalue weighted by molar-refractivity contribution is 5.98. The van der Waals surface area contributed by atoms with Gasteiger partial charge in [0.1, 0.15) is 0 Å². The molecule has 1 saturated heterocycles. The topological polar surface area (TPSA) is 70.2 Å². The van der Waals surface area contributed by atoms with E-state index in [1.54, 1.807) is 0 Å². The third-order valence-electron chi connectivity index (χ3n) is 4.33. The van der Waals surface area contributed by atoms with E-state index in [0.717, 1.165) is 11.1 Å². The fraction of sp³-hybridized carbons (Fsp3) is 0.500. The fourth-order valence-electron chi connectivity index (χ4n) is 3.38. The van der Waals surface area contributed by atoms with Crippen molar-refractivity contribution in [1.82, 2.24) is 16.0 Å². The quantitative estimate of drug-likeness (QED) is 0.740. The third-order valence-corrected chi connectivity index (χ3v) is 4.33. The number of rotatable bonds is 2. The zero-order valence-electron chi connectivity index (χ0n) is 12.4. The first-order valence-electron chi connectivity index (χ1n) is 7.43. The van der Waals surface area contributed by atoms with Crippen LogP contribution in [0.3, 0.4) is 0 Å². The van der Waals surface area contributed by atoms with Gasteiger partial charge >= 0.3 is 0 Å². The van der Waals surface area contributed by atoms with Crippen LogP contribution in [0.1, 0.15) is 29.8 Å². The smallest absolute Gasteiger partial charge is 0.252 e. The lowest BCUT2D eigenvalue weighted by atomic mass is 9.77. The maximum absolute atomic E-state index is 12.4. The molecule has 2 atom stereocenters. The van der Waals surface area contributed by atoms with Crippen LogP contribution in [0.2, 0.25) is 0 Å². The summed E-state index contributed by atoms with van der Waals surface area (Å²) in [5.41, 5.74) is 1.23. The van der Waals surface area contributed by atoms with Gasteiger partial charge in [0.25, 0.3) is 5.91 Å².